The van der Waals surface area contributed by atoms with E-state index >= 15 is 0 Å². The molecule has 1 rings (SSSR count). The molecule has 1 aromatic rings. The summed E-state index contributed by atoms with van der Waals surface area (Å²) in [5.74, 6) is -0.685. The first-order chi connectivity index (χ1) is 9.96. The van der Waals surface area contributed by atoms with Crippen molar-refractivity contribution >= 4 is 35.0 Å². The summed E-state index contributed by atoms with van der Waals surface area (Å²) in [5, 5.41) is 0. The quantitative estimate of drug-likeness (QED) is 0.597. The van der Waals surface area contributed by atoms with E-state index in [0.717, 1.165) is 0 Å². The summed E-state index contributed by atoms with van der Waals surface area (Å²) in [6.45, 7) is 12.9. The molecule has 0 fully saturated rings. The largest absolute Gasteiger partial charge is 0.462 e. The molecule has 0 aliphatic rings. The first kappa shape index (κ1) is 19.0. The van der Waals surface area contributed by atoms with Crippen molar-refractivity contribution in [3.05, 3.63) is 10.6 Å². The third-order valence-corrected chi connectivity index (χ3v) is 4.85. The Morgan fingerprint density at radius 2 is 1.82 bits per heavy atom. The van der Waals surface area contributed by atoms with Crippen molar-refractivity contribution in [2.24, 2.45) is 0 Å². The van der Waals surface area contributed by atoms with Gasteiger partial charge >= 0.3 is 11.9 Å². The molecular formula is C15H23NO4S2. The predicted octanol–water partition coefficient (Wildman–Crippen LogP) is 3.84. The second kappa shape index (κ2) is 7.00. The molecule has 0 N–H and O–H groups in total. The van der Waals surface area contributed by atoms with E-state index in [4.69, 9.17) is 9.47 Å². The Bertz CT molecular complexity index is 558. The van der Waals surface area contributed by atoms with Crippen LogP contribution < -0.4 is 0 Å². The van der Waals surface area contributed by atoms with Gasteiger partial charge in [0.05, 0.1) is 12.3 Å². The zero-order valence-electron chi connectivity index (χ0n) is 14.1. The van der Waals surface area contributed by atoms with Gasteiger partial charge in [0.2, 0.25) is 0 Å². The van der Waals surface area contributed by atoms with Crippen LogP contribution in [0.2, 0.25) is 0 Å². The number of nitrogens with zero attached hydrogens (tertiary/aromatic N) is 1. The molecule has 0 saturated carbocycles. The minimum atomic E-state index is -0.788. The molecule has 0 radical (unpaired) electrons. The summed E-state index contributed by atoms with van der Waals surface area (Å²) in [5.41, 5.74) is 0.0787. The molecule has 1 heterocycles. The molecule has 5 nitrogen and oxygen atoms in total. The van der Waals surface area contributed by atoms with E-state index in [1.54, 1.807) is 27.7 Å². The molecule has 0 saturated heterocycles. The van der Waals surface area contributed by atoms with Gasteiger partial charge in [0.25, 0.3) is 0 Å². The molecule has 0 bridgehead atoms. The lowest BCUT2D eigenvalue weighted by atomic mass is 10.1. The van der Waals surface area contributed by atoms with Crippen LogP contribution in [0.1, 0.15) is 56.9 Å². The molecule has 0 atom stereocenters. The van der Waals surface area contributed by atoms with Gasteiger partial charge in [-0.3, -0.25) is 4.79 Å². The third kappa shape index (κ3) is 5.28. The summed E-state index contributed by atoms with van der Waals surface area (Å²) < 4.78 is 10.3. The van der Waals surface area contributed by atoms with Crippen molar-refractivity contribution in [2.45, 2.75) is 63.2 Å². The monoisotopic (exact) mass is 345 g/mol. The van der Waals surface area contributed by atoms with Gasteiger partial charge in [-0.25, -0.2) is 9.78 Å². The van der Waals surface area contributed by atoms with Crippen molar-refractivity contribution in [1.29, 1.82) is 0 Å². The first-order valence-corrected chi connectivity index (χ1v) is 8.66. The highest BCUT2D eigenvalue weighted by Gasteiger charge is 2.35. The van der Waals surface area contributed by atoms with Crippen LogP contribution in [-0.4, -0.2) is 33.9 Å². The standard InChI is InChI=1S/C15H23NO4S2/c1-8-19-11(17)10-9(2)16-13(21-10)22-15(6,7)12(18)20-14(3,4)5/h8H2,1-7H3. The van der Waals surface area contributed by atoms with Crippen molar-refractivity contribution in [3.8, 4) is 0 Å². The fourth-order valence-electron chi connectivity index (χ4n) is 1.46. The van der Waals surface area contributed by atoms with E-state index in [-0.39, 0.29) is 11.9 Å². The SMILES string of the molecule is CCOC(=O)c1sc(SC(C)(C)C(=O)OC(C)(C)C)nc1C. The van der Waals surface area contributed by atoms with E-state index in [2.05, 4.69) is 4.98 Å². The molecule has 1 aromatic heterocycles. The van der Waals surface area contributed by atoms with Gasteiger partial charge in [0, 0.05) is 0 Å². The maximum atomic E-state index is 12.3. The molecule has 0 spiro atoms. The Morgan fingerprint density at radius 1 is 1.23 bits per heavy atom. The van der Waals surface area contributed by atoms with Crippen molar-refractivity contribution in [1.82, 2.24) is 4.98 Å². The maximum absolute atomic E-state index is 12.3. The Balaban J connectivity index is 2.88. The van der Waals surface area contributed by atoms with Crippen molar-refractivity contribution in [2.75, 3.05) is 6.61 Å². The van der Waals surface area contributed by atoms with Gasteiger partial charge in [0.1, 0.15) is 15.2 Å². The Kier molecular flexibility index (Phi) is 6.03. The highest BCUT2D eigenvalue weighted by Crippen LogP contribution is 2.38. The van der Waals surface area contributed by atoms with Crippen LogP contribution in [0.15, 0.2) is 4.34 Å². The number of hydrogen-bond donors (Lipinski definition) is 0. The molecule has 0 aliphatic heterocycles. The summed E-state index contributed by atoms with van der Waals surface area (Å²) in [6.07, 6.45) is 0. The summed E-state index contributed by atoms with van der Waals surface area (Å²) in [4.78, 5) is 28.9. The lowest BCUT2D eigenvalue weighted by molar-refractivity contribution is -0.156. The van der Waals surface area contributed by atoms with Crippen LogP contribution in [0.5, 0.6) is 0 Å². The fraction of sp³-hybridized carbons (Fsp3) is 0.667. The second-order valence-electron chi connectivity index (χ2n) is 6.23. The van der Waals surface area contributed by atoms with Gasteiger partial charge in [-0.1, -0.05) is 11.8 Å². The van der Waals surface area contributed by atoms with E-state index in [1.807, 2.05) is 20.8 Å². The number of thiazole rings is 1. The van der Waals surface area contributed by atoms with E-state index < -0.39 is 10.3 Å². The molecule has 0 aliphatic carbocycles. The molecule has 0 unspecified atom stereocenters. The minimum absolute atomic E-state index is 0.310. The number of rotatable bonds is 5. The summed E-state index contributed by atoms with van der Waals surface area (Å²) in [6, 6.07) is 0. The zero-order chi connectivity index (χ0) is 17.1. The van der Waals surface area contributed by atoms with Gasteiger partial charge in [0.15, 0.2) is 4.34 Å². The van der Waals surface area contributed by atoms with Crippen LogP contribution >= 0.6 is 23.1 Å². The average molecular weight is 345 g/mol. The second-order valence-corrected chi connectivity index (χ2v) is 9.10. The molecule has 0 amide bonds. The summed E-state index contributed by atoms with van der Waals surface area (Å²) in [7, 11) is 0. The van der Waals surface area contributed by atoms with Crippen molar-refractivity contribution in [3.63, 3.8) is 0 Å². The highest BCUT2D eigenvalue weighted by atomic mass is 32.2. The summed E-state index contributed by atoms with van der Waals surface area (Å²) >= 11 is 2.53. The van der Waals surface area contributed by atoms with E-state index in [0.29, 0.717) is 21.5 Å². The molecular weight excluding hydrogens is 322 g/mol. The Hall–Kier alpha value is -1.08. The molecule has 124 valence electrons. The number of hydrogen-bond acceptors (Lipinski definition) is 7. The van der Waals surface area contributed by atoms with Gasteiger partial charge in [-0.2, -0.15) is 0 Å². The number of aromatic nitrogens is 1. The smallest absolute Gasteiger partial charge is 0.350 e. The number of thioether (sulfide) groups is 1. The Labute approximate surface area is 139 Å². The zero-order valence-corrected chi connectivity index (χ0v) is 15.7. The molecule has 22 heavy (non-hydrogen) atoms. The molecule has 0 aromatic carbocycles. The Morgan fingerprint density at radius 3 is 2.32 bits per heavy atom. The fourth-order valence-corrected chi connectivity index (χ4v) is 3.94. The van der Waals surface area contributed by atoms with Gasteiger partial charge in [-0.05, 0) is 48.5 Å². The van der Waals surface area contributed by atoms with Crippen LogP contribution in [0.3, 0.4) is 0 Å². The topological polar surface area (TPSA) is 65.5 Å². The lowest BCUT2D eigenvalue weighted by Crippen LogP contribution is -2.36. The van der Waals surface area contributed by atoms with E-state index in [1.165, 1.54) is 23.1 Å². The molecule has 7 heteroatoms. The van der Waals surface area contributed by atoms with Crippen LogP contribution in [-0.2, 0) is 14.3 Å². The van der Waals surface area contributed by atoms with Gasteiger partial charge < -0.3 is 9.47 Å². The number of carbonyl (C=O) groups is 2. The lowest BCUT2D eigenvalue weighted by Gasteiger charge is -2.27. The third-order valence-electron chi connectivity index (χ3n) is 2.47. The number of esters is 2. The van der Waals surface area contributed by atoms with Crippen LogP contribution in [0, 0.1) is 6.92 Å². The van der Waals surface area contributed by atoms with Crippen LogP contribution in [0.25, 0.3) is 0 Å². The normalized spacial score (nSPS) is 12.1. The maximum Gasteiger partial charge on any atom is 0.350 e. The van der Waals surface area contributed by atoms with Gasteiger partial charge in [-0.15, -0.1) is 11.3 Å². The number of ether oxygens (including phenoxy) is 2. The average Bonchev–Trinajstić information content (AvgIpc) is 2.67. The first-order valence-electron chi connectivity index (χ1n) is 7.03. The number of carbonyl (C=O) groups excluding carboxylic acids is 2. The minimum Gasteiger partial charge on any atom is -0.462 e. The number of aryl methyl sites for hydroxylation is 1. The van der Waals surface area contributed by atoms with Crippen molar-refractivity contribution < 1.29 is 19.1 Å². The van der Waals surface area contributed by atoms with E-state index in [9.17, 15) is 9.59 Å². The predicted molar refractivity (Wildman–Crippen MR) is 88.6 cm³/mol. The van der Waals surface area contributed by atoms with Crippen LogP contribution in [0.4, 0.5) is 0 Å². The highest BCUT2D eigenvalue weighted by molar-refractivity contribution is 8.03.